The number of nitrogens with one attached hydrogen (secondary N) is 1. The Morgan fingerprint density at radius 1 is 1.11 bits per heavy atom. The highest BCUT2D eigenvalue weighted by Crippen LogP contribution is 2.19. The van der Waals surface area contributed by atoms with Crippen LogP contribution in [0.5, 0.6) is 0 Å². The highest BCUT2D eigenvalue weighted by atomic mass is 32.2. The summed E-state index contributed by atoms with van der Waals surface area (Å²) in [5.41, 5.74) is 0. The van der Waals surface area contributed by atoms with E-state index in [4.69, 9.17) is 0 Å². The SMILES string of the molecule is CC(C)N1CCC(CNS(=O)(=O)N2CCCC2)CC1. The number of hydrogen-bond donors (Lipinski definition) is 1. The maximum atomic E-state index is 12.1. The first kappa shape index (κ1) is 15.2. The summed E-state index contributed by atoms with van der Waals surface area (Å²) in [7, 11) is -3.22. The van der Waals surface area contributed by atoms with Crippen molar-refractivity contribution in [3.05, 3.63) is 0 Å². The smallest absolute Gasteiger partial charge is 0.279 e. The van der Waals surface area contributed by atoms with Gasteiger partial charge in [0.15, 0.2) is 0 Å². The summed E-state index contributed by atoms with van der Waals surface area (Å²) < 4.78 is 28.5. The Balaban J connectivity index is 1.74. The highest BCUT2D eigenvalue weighted by molar-refractivity contribution is 7.87. The Labute approximate surface area is 117 Å². The van der Waals surface area contributed by atoms with Gasteiger partial charge in [0.05, 0.1) is 0 Å². The van der Waals surface area contributed by atoms with E-state index in [-0.39, 0.29) is 0 Å². The molecule has 0 bridgehead atoms. The van der Waals surface area contributed by atoms with Gasteiger partial charge in [0.25, 0.3) is 10.2 Å². The molecule has 0 atom stereocenters. The average Bonchev–Trinajstić information content (AvgIpc) is 2.91. The number of nitrogens with zero attached hydrogens (tertiary/aromatic N) is 2. The standard InChI is InChI=1S/C13H27N3O2S/c1-12(2)15-9-5-13(6-10-15)11-14-19(17,18)16-7-3-4-8-16/h12-14H,3-11H2,1-2H3. The van der Waals surface area contributed by atoms with Crippen molar-refractivity contribution < 1.29 is 8.42 Å². The third-order valence-corrected chi connectivity index (χ3v) is 5.92. The Hall–Kier alpha value is -0.170. The third-order valence-electron chi connectivity index (χ3n) is 4.34. The third kappa shape index (κ3) is 4.15. The molecule has 0 aromatic rings. The minimum Gasteiger partial charge on any atom is -0.301 e. The fourth-order valence-electron chi connectivity index (χ4n) is 2.92. The van der Waals surface area contributed by atoms with Crippen LogP contribution < -0.4 is 4.72 Å². The molecule has 2 rings (SSSR count). The first-order valence-electron chi connectivity index (χ1n) is 7.48. The van der Waals surface area contributed by atoms with E-state index in [2.05, 4.69) is 23.5 Å². The molecule has 2 fully saturated rings. The number of rotatable bonds is 5. The van der Waals surface area contributed by atoms with E-state index >= 15 is 0 Å². The quantitative estimate of drug-likeness (QED) is 0.823. The maximum absolute atomic E-state index is 12.1. The summed E-state index contributed by atoms with van der Waals surface area (Å²) in [6.45, 7) is 8.58. The molecule has 0 unspecified atom stereocenters. The minimum absolute atomic E-state index is 0.493. The predicted octanol–water partition coefficient (Wildman–Crippen LogP) is 1.04. The molecule has 112 valence electrons. The Bertz CT molecular complexity index is 369. The Morgan fingerprint density at radius 2 is 1.68 bits per heavy atom. The van der Waals surface area contributed by atoms with Gasteiger partial charge >= 0.3 is 0 Å². The van der Waals surface area contributed by atoms with E-state index in [9.17, 15) is 8.42 Å². The van der Waals surface area contributed by atoms with Crippen LogP contribution >= 0.6 is 0 Å². The first-order chi connectivity index (χ1) is 8.99. The fraction of sp³-hybridized carbons (Fsp3) is 1.00. The molecule has 5 nitrogen and oxygen atoms in total. The number of piperidine rings is 1. The molecule has 19 heavy (non-hydrogen) atoms. The van der Waals surface area contributed by atoms with E-state index in [1.807, 2.05) is 0 Å². The van der Waals surface area contributed by atoms with Crippen LogP contribution in [-0.2, 0) is 10.2 Å². The van der Waals surface area contributed by atoms with E-state index in [1.54, 1.807) is 4.31 Å². The van der Waals surface area contributed by atoms with E-state index in [0.717, 1.165) is 38.8 Å². The molecule has 0 aromatic heterocycles. The summed E-state index contributed by atoms with van der Waals surface area (Å²) in [4.78, 5) is 2.46. The van der Waals surface area contributed by atoms with Gasteiger partial charge in [-0.05, 0) is 58.5 Å². The lowest BCUT2D eigenvalue weighted by Gasteiger charge is -2.34. The van der Waals surface area contributed by atoms with Crippen molar-refractivity contribution in [2.45, 2.75) is 45.6 Å². The van der Waals surface area contributed by atoms with E-state index < -0.39 is 10.2 Å². The molecule has 2 aliphatic heterocycles. The summed E-state index contributed by atoms with van der Waals surface area (Å²) >= 11 is 0. The van der Waals surface area contributed by atoms with Crippen LogP contribution in [-0.4, -0.2) is 56.4 Å². The summed E-state index contributed by atoms with van der Waals surface area (Å²) in [5, 5.41) is 0. The largest absolute Gasteiger partial charge is 0.301 e. The molecular formula is C13H27N3O2S. The molecule has 0 amide bonds. The molecule has 1 N–H and O–H groups in total. The van der Waals surface area contributed by atoms with Gasteiger partial charge in [-0.3, -0.25) is 0 Å². The van der Waals surface area contributed by atoms with Gasteiger partial charge in [0.2, 0.25) is 0 Å². The van der Waals surface area contributed by atoms with E-state index in [0.29, 0.717) is 31.6 Å². The molecule has 0 spiro atoms. The Kier molecular flexibility index (Phi) is 5.22. The molecule has 2 aliphatic rings. The van der Waals surface area contributed by atoms with Gasteiger partial charge < -0.3 is 4.90 Å². The molecular weight excluding hydrogens is 262 g/mol. The topological polar surface area (TPSA) is 52.7 Å². The lowest BCUT2D eigenvalue weighted by Crippen LogP contribution is -2.44. The van der Waals surface area contributed by atoms with Crippen molar-refractivity contribution in [1.82, 2.24) is 13.9 Å². The van der Waals surface area contributed by atoms with Crippen LogP contribution in [0.25, 0.3) is 0 Å². The molecule has 2 heterocycles. The monoisotopic (exact) mass is 289 g/mol. The second kappa shape index (κ2) is 6.52. The van der Waals surface area contributed by atoms with Crippen LogP contribution in [0.3, 0.4) is 0 Å². The lowest BCUT2D eigenvalue weighted by atomic mass is 9.96. The fourth-order valence-corrected chi connectivity index (χ4v) is 4.28. The van der Waals surface area contributed by atoms with E-state index in [1.165, 1.54) is 0 Å². The van der Waals surface area contributed by atoms with Crippen LogP contribution in [0.4, 0.5) is 0 Å². The molecule has 2 saturated heterocycles. The van der Waals surface area contributed by atoms with Gasteiger partial charge in [-0.25, -0.2) is 4.72 Å². The van der Waals surface area contributed by atoms with Gasteiger partial charge in [0.1, 0.15) is 0 Å². The molecule has 0 saturated carbocycles. The molecule has 6 heteroatoms. The zero-order chi connectivity index (χ0) is 13.9. The van der Waals surface area contributed by atoms with Crippen LogP contribution in [0.15, 0.2) is 0 Å². The first-order valence-corrected chi connectivity index (χ1v) is 8.92. The van der Waals surface area contributed by atoms with Crippen molar-refractivity contribution in [3.63, 3.8) is 0 Å². The summed E-state index contributed by atoms with van der Waals surface area (Å²) in [6.07, 6.45) is 4.18. The van der Waals surface area contributed by atoms with Gasteiger partial charge in [-0.1, -0.05) is 0 Å². The lowest BCUT2D eigenvalue weighted by molar-refractivity contribution is 0.150. The molecule has 0 aliphatic carbocycles. The predicted molar refractivity (Wildman–Crippen MR) is 77.2 cm³/mol. The van der Waals surface area contributed by atoms with Gasteiger partial charge in [-0.2, -0.15) is 12.7 Å². The molecule has 0 aromatic carbocycles. The van der Waals surface area contributed by atoms with Crippen LogP contribution in [0.1, 0.15) is 39.5 Å². The minimum atomic E-state index is -3.22. The number of likely N-dealkylation sites (tertiary alicyclic amines) is 1. The molecule has 0 radical (unpaired) electrons. The van der Waals surface area contributed by atoms with Gasteiger partial charge in [0, 0.05) is 25.7 Å². The van der Waals surface area contributed by atoms with Crippen LogP contribution in [0.2, 0.25) is 0 Å². The normalized spacial score (nSPS) is 24.4. The summed E-state index contributed by atoms with van der Waals surface area (Å²) in [5.74, 6) is 0.493. The van der Waals surface area contributed by atoms with Crippen LogP contribution in [0, 0.1) is 5.92 Å². The average molecular weight is 289 g/mol. The Morgan fingerprint density at radius 3 is 2.21 bits per heavy atom. The maximum Gasteiger partial charge on any atom is 0.279 e. The van der Waals surface area contributed by atoms with Crippen molar-refractivity contribution in [1.29, 1.82) is 0 Å². The highest BCUT2D eigenvalue weighted by Gasteiger charge is 2.27. The van der Waals surface area contributed by atoms with Crippen molar-refractivity contribution in [2.24, 2.45) is 5.92 Å². The zero-order valence-corrected chi connectivity index (χ0v) is 13.0. The number of hydrogen-bond acceptors (Lipinski definition) is 3. The second-order valence-electron chi connectivity index (χ2n) is 6.03. The van der Waals surface area contributed by atoms with Crippen molar-refractivity contribution in [2.75, 3.05) is 32.7 Å². The summed E-state index contributed by atoms with van der Waals surface area (Å²) in [6, 6.07) is 0.599. The van der Waals surface area contributed by atoms with Crippen molar-refractivity contribution in [3.8, 4) is 0 Å². The zero-order valence-electron chi connectivity index (χ0n) is 12.1. The van der Waals surface area contributed by atoms with Crippen molar-refractivity contribution >= 4 is 10.2 Å². The van der Waals surface area contributed by atoms with Gasteiger partial charge in [-0.15, -0.1) is 0 Å². The second-order valence-corrected chi connectivity index (χ2v) is 7.79.